The average Bonchev–Trinajstić information content (AvgIpc) is 2.80. The van der Waals surface area contributed by atoms with E-state index in [1.54, 1.807) is 12.1 Å². The van der Waals surface area contributed by atoms with Crippen molar-refractivity contribution in [2.75, 3.05) is 0 Å². The van der Waals surface area contributed by atoms with E-state index in [9.17, 15) is 9.59 Å². The minimum Gasteiger partial charge on any atom is -0.370 e. The van der Waals surface area contributed by atoms with Crippen LogP contribution in [0.2, 0.25) is 0 Å². The highest BCUT2D eigenvalue weighted by Crippen LogP contribution is 2.43. The van der Waals surface area contributed by atoms with Crippen LogP contribution in [0.3, 0.4) is 0 Å². The fourth-order valence-electron chi connectivity index (χ4n) is 2.88. The fraction of sp³-hybridized carbons (Fsp3) is 0.118. The topological polar surface area (TPSA) is 111 Å². The maximum atomic E-state index is 12.0. The first-order chi connectivity index (χ1) is 11.0. The number of carbonyl (C=O) groups excluding carboxylic acids is 2. The third-order valence-corrected chi connectivity index (χ3v) is 3.75. The highest BCUT2D eigenvalue weighted by Gasteiger charge is 2.29. The second-order valence-electron chi connectivity index (χ2n) is 5.36. The summed E-state index contributed by atoms with van der Waals surface area (Å²) in [6.07, 6.45) is 0. The van der Waals surface area contributed by atoms with Gasteiger partial charge in [-0.1, -0.05) is 30.3 Å². The molecule has 0 aromatic heterocycles. The third-order valence-electron chi connectivity index (χ3n) is 3.75. The zero-order valence-electron chi connectivity index (χ0n) is 12.9. The van der Waals surface area contributed by atoms with Crippen molar-refractivity contribution < 1.29 is 9.59 Å². The Bertz CT molecular complexity index is 844. The first kappa shape index (κ1) is 17.5. The van der Waals surface area contributed by atoms with Gasteiger partial charge in [0.25, 0.3) is 5.91 Å². The molecule has 0 radical (unpaired) electrons. The van der Waals surface area contributed by atoms with E-state index in [1.165, 1.54) is 6.92 Å². The number of nitrogens with one attached hydrogen (secondary N) is 1. The Kier molecular flexibility index (Phi) is 4.90. The number of fused-ring (bicyclic) bond motifs is 3. The number of nitrogens with two attached hydrogens (primary N) is 2. The van der Waals surface area contributed by atoms with Crippen LogP contribution in [-0.4, -0.2) is 17.8 Å². The van der Waals surface area contributed by atoms with Crippen LogP contribution in [0.25, 0.3) is 11.1 Å². The van der Waals surface area contributed by atoms with Gasteiger partial charge >= 0.3 is 0 Å². The van der Waals surface area contributed by atoms with E-state index in [4.69, 9.17) is 11.5 Å². The Morgan fingerprint density at radius 3 is 2.38 bits per heavy atom. The summed E-state index contributed by atoms with van der Waals surface area (Å²) in [6.45, 7) is 1.47. The molecule has 2 amide bonds. The van der Waals surface area contributed by atoms with Crippen LogP contribution in [0.5, 0.6) is 0 Å². The Labute approximate surface area is 145 Å². The maximum Gasteiger partial charge on any atom is 0.280 e. The van der Waals surface area contributed by atoms with Crippen LogP contribution >= 0.6 is 12.4 Å². The second-order valence-corrected chi connectivity index (χ2v) is 5.36. The summed E-state index contributed by atoms with van der Waals surface area (Å²) < 4.78 is 0. The standard InChI is InChI=1S/C17H16N4O2.ClH/c1-9(22)20-15-13-5-3-2-4-11(13)12-7-6-10(8-14(12)15)16(23)21-17(18)19;/h2-8,15H,1H3,(H,20,22)(H4,18,19,21,23);1H. The highest BCUT2D eigenvalue weighted by molar-refractivity contribution is 6.02. The number of carbonyl (C=O) groups is 2. The summed E-state index contributed by atoms with van der Waals surface area (Å²) in [5.74, 6) is -0.930. The third kappa shape index (κ3) is 3.09. The second kappa shape index (κ2) is 6.72. The minimum atomic E-state index is -0.509. The van der Waals surface area contributed by atoms with Crippen molar-refractivity contribution in [2.45, 2.75) is 13.0 Å². The van der Waals surface area contributed by atoms with Crippen LogP contribution < -0.4 is 16.8 Å². The molecule has 24 heavy (non-hydrogen) atoms. The van der Waals surface area contributed by atoms with E-state index in [-0.39, 0.29) is 30.3 Å². The first-order valence-electron chi connectivity index (χ1n) is 7.11. The smallest absolute Gasteiger partial charge is 0.280 e. The van der Waals surface area contributed by atoms with Crippen LogP contribution in [0, 0.1) is 0 Å². The van der Waals surface area contributed by atoms with Crippen LogP contribution in [-0.2, 0) is 4.79 Å². The molecule has 0 aliphatic heterocycles. The molecule has 0 heterocycles. The Hall–Kier alpha value is -2.86. The number of hydrogen-bond donors (Lipinski definition) is 3. The summed E-state index contributed by atoms with van der Waals surface area (Å²) in [4.78, 5) is 27.1. The summed E-state index contributed by atoms with van der Waals surface area (Å²) >= 11 is 0. The van der Waals surface area contributed by atoms with E-state index in [2.05, 4.69) is 10.3 Å². The molecule has 0 saturated carbocycles. The molecule has 0 saturated heterocycles. The minimum absolute atomic E-state index is 0. The Morgan fingerprint density at radius 1 is 1.04 bits per heavy atom. The van der Waals surface area contributed by atoms with Gasteiger partial charge in [-0.15, -0.1) is 12.4 Å². The lowest BCUT2D eigenvalue weighted by atomic mass is 10.0. The van der Waals surface area contributed by atoms with Gasteiger partial charge in [-0.2, -0.15) is 4.99 Å². The summed E-state index contributed by atoms with van der Waals surface area (Å²) in [6, 6.07) is 12.8. The van der Waals surface area contributed by atoms with E-state index >= 15 is 0 Å². The molecule has 1 unspecified atom stereocenters. The average molecular weight is 345 g/mol. The molecule has 5 N–H and O–H groups in total. The lowest BCUT2D eigenvalue weighted by Gasteiger charge is -2.14. The predicted octanol–water partition coefficient (Wildman–Crippen LogP) is 1.73. The van der Waals surface area contributed by atoms with Gasteiger partial charge in [0.2, 0.25) is 5.91 Å². The largest absolute Gasteiger partial charge is 0.370 e. The summed E-state index contributed by atoms with van der Waals surface area (Å²) in [5, 5.41) is 2.93. The van der Waals surface area contributed by atoms with E-state index < -0.39 is 5.91 Å². The fourth-order valence-corrected chi connectivity index (χ4v) is 2.88. The number of rotatable bonds is 2. The van der Waals surface area contributed by atoms with Gasteiger partial charge in [-0.3, -0.25) is 9.59 Å². The number of hydrogen-bond acceptors (Lipinski definition) is 2. The number of aliphatic imine (C=N–C) groups is 1. The highest BCUT2D eigenvalue weighted by atomic mass is 35.5. The SMILES string of the molecule is CC(=O)NC1c2ccccc2-c2ccc(C(=O)N=C(N)N)cc21.Cl. The molecule has 6 nitrogen and oxygen atoms in total. The monoisotopic (exact) mass is 344 g/mol. The maximum absolute atomic E-state index is 12.0. The van der Waals surface area contributed by atoms with E-state index in [0.29, 0.717) is 5.56 Å². The normalized spacial score (nSPS) is 14.0. The quantitative estimate of drug-likeness (QED) is 0.569. The zero-order valence-corrected chi connectivity index (χ0v) is 13.8. The van der Waals surface area contributed by atoms with Crippen molar-refractivity contribution in [3.05, 3.63) is 59.2 Å². The van der Waals surface area contributed by atoms with Gasteiger partial charge in [0.1, 0.15) is 0 Å². The van der Waals surface area contributed by atoms with Gasteiger partial charge in [-0.25, -0.2) is 0 Å². The molecule has 0 bridgehead atoms. The molecule has 7 heteroatoms. The van der Waals surface area contributed by atoms with Crippen molar-refractivity contribution in [2.24, 2.45) is 16.5 Å². The number of amides is 2. The molecule has 3 rings (SSSR count). The predicted molar refractivity (Wildman–Crippen MR) is 94.9 cm³/mol. The lowest BCUT2D eigenvalue weighted by molar-refractivity contribution is -0.119. The van der Waals surface area contributed by atoms with Crippen molar-refractivity contribution >= 4 is 30.2 Å². The van der Waals surface area contributed by atoms with Gasteiger partial charge in [0.05, 0.1) is 6.04 Å². The van der Waals surface area contributed by atoms with E-state index in [1.807, 2.05) is 30.3 Å². The molecule has 2 aromatic rings. The molecule has 2 aromatic carbocycles. The van der Waals surface area contributed by atoms with E-state index in [0.717, 1.165) is 22.3 Å². The number of halogens is 1. The Morgan fingerprint density at radius 2 is 1.71 bits per heavy atom. The van der Waals surface area contributed by atoms with Gasteiger partial charge in [-0.05, 0) is 34.4 Å². The molecular weight excluding hydrogens is 328 g/mol. The van der Waals surface area contributed by atoms with Crippen molar-refractivity contribution in [1.29, 1.82) is 0 Å². The molecule has 124 valence electrons. The summed E-state index contributed by atoms with van der Waals surface area (Å²) in [5.41, 5.74) is 14.8. The molecule has 1 aliphatic rings. The molecule has 0 spiro atoms. The summed E-state index contributed by atoms with van der Waals surface area (Å²) in [7, 11) is 0. The lowest BCUT2D eigenvalue weighted by Crippen LogP contribution is -2.25. The first-order valence-corrected chi connectivity index (χ1v) is 7.11. The Balaban J connectivity index is 0.00000208. The number of benzene rings is 2. The van der Waals surface area contributed by atoms with Crippen molar-refractivity contribution in [1.82, 2.24) is 5.32 Å². The van der Waals surface area contributed by atoms with Crippen LogP contribution in [0.4, 0.5) is 0 Å². The van der Waals surface area contributed by atoms with Crippen molar-refractivity contribution in [3.8, 4) is 11.1 Å². The van der Waals surface area contributed by atoms with Crippen LogP contribution in [0.1, 0.15) is 34.5 Å². The number of guanidine groups is 1. The van der Waals surface area contributed by atoms with Crippen molar-refractivity contribution in [3.63, 3.8) is 0 Å². The zero-order chi connectivity index (χ0) is 16.6. The molecule has 1 aliphatic carbocycles. The van der Waals surface area contributed by atoms with Gasteiger partial charge in [0, 0.05) is 12.5 Å². The van der Waals surface area contributed by atoms with Crippen LogP contribution in [0.15, 0.2) is 47.5 Å². The molecular formula is C17H17ClN4O2. The van der Waals surface area contributed by atoms with Gasteiger partial charge < -0.3 is 16.8 Å². The molecule has 0 fully saturated rings. The molecule has 1 atom stereocenters. The van der Waals surface area contributed by atoms with Gasteiger partial charge in [0.15, 0.2) is 5.96 Å². The number of nitrogens with zero attached hydrogens (tertiary/aromatic N) is 1.